The van der Waals surface area contributed by atoms with E-state index in [1.807, 2.05) is 0 Å². The fourth-order valence-corrected chi connectivity index (χ4v) is 4.81. The number of nitrogens with zero attached hydrogens (tertiary/aromatic N) is 1. The number of benzene rings is 2. The Balaban J connectivity index is 1.49. The van der Waals surface area contributed by atoms with E-state index in [2.05, 4.69) is 5.32 Å². The number of primary amides is 1. The van der Waals surface area contributed by atoms with Gasteiger partial charge in [0.25, 0.3) is 5.91 Å². The van der Waals surface area contributed by atoms with Crippen LogP contribution in [0.2, 0.25) is 0 Å². The maximum atomic E-state index is 12.7. The van der Waals surface area contributed by atoms with Crippen molar-refractivity contribution in [2.24, 2.45) is 5.73 Å². The molecule has 1 heterocycles. The lowest BCUT2D eigenvalue weighted by Crippen LogP contribution is -2.40. The zero-order valence-corrected chi connectivity index (χ0v) is 19.8. The highest BCUT2D eigenvalue weighted by atomic mass is 32.2. The second kappa shape index (κ2) is 11.8. The van der Waals surface area contributed by atoms with Gasteiger partial charge in [-0.15, -0.1) is 0 Å². The molecule has 0 radical (unpaired) electrons. The maximum Gasteiger partial charge on any atom is 0.255 e. The predicted molar refractivity (Wildman–Crippen MR) is 124 cm³/mol. The van der Waals surface area contributed by atoms with Gasteiger partial charge < -0.3 is 25.3 Å². The summed E-state index contributed by atoms with van der Waals surface area (Å²) in [6.45, 7) is 1.52. The van der Waals surface area contributed by atoms with E-state index in [4.69, 9.17) is 19.9 Å². The lowest BCUT2D eigenvalue weighted by molar-refractivity contribution is -0.121. The number of amides is 2. The molecule has 0 atom stereocenters. The third kappa shape index (κ3) is 6.92. The fourth-order valence-electron chi connectivity index (χ4n) is 3.40. The van der Waals surface area contributed by atoms with Gasteiger partial charge in [0.1, 0.15) is 0 Å². The summed E-state index contributed by atoms with van der Waals surface area (Å²) in [7, 11) is -2.06. The Morgan fingerprint density at radius 1 is 1.06 bits per heavy atom. The van der Waals surface area contributed by atoms with Gasteiger partial charge in [-0.1, -0.05) is 18.2 Å². The van der Waals surface area contributed by atoms with Gasteiger partial charge in [-0.25, -0.2) is 8.42 Å². The van der Waals surface area contributed by atoms with E-state index < -0.39 is 15.9 Å². The van der Waals surface area contributed by atoms with Gasteiger partial charge in [0.2, 0.25) is 15.9 Å². The molecule has 0 aromatic heterocycles. The van der Waals surface area contributed by atoms with Crippen molar-refractivity contribution in [3.63, 3.8) is 0 Å². The van der Waals surface area contributed by atoms with Crippen LogP contribution >= 0.6 is 0 Å². The van der Waals surface area contributed by atoms with E-state index in [1.54, 1.807) is 42.5 Å². The molecule has 3 rings (SSSR count). The van der Waals surface area contributed by atoms with Crippen molar-refractivity contribution in [3.05, 3.63) is 53.6 Å². The smallest absolute Gasteiger partial charge is 0.255 e. The van der Waals surface area contributed by atoms with Crippen molar-refractivity contribution in [1.29, 1.82) is 0 Å². The molecule has 1 aliphatic heterocycles. The van der Waals surface area contributed by atoms with E-state index >= 15 is 0 Å². The van der Waals surface area contributed by atoms with Crippen LogP contribution in [0.15, 0.2) is 47.4 Å². The third-order valence-corrected chi connectivity index (χ3v) is 7.17. The Hall–Kier alpha value is -3.15. The van der Waals surface area contributed by atoms with Crippen LogP contribution < -0.4 is 20.5 Å². The second-order valence-corrected chi connectivity index (χ2v) is 9.62. The molecule has 1 fully saturated rings. The lowest BCUT2D eigenvalue weighted by Gasteiger charge is -2.26. The van der Waals surface area contributed by atoms with Crippen LogP contribution in [0.25, 0.3) is 0 Å². The average Bonchev–Trinajstić information content (AvgIpc) is 2.85. The Morgan fingerprint density at radius 2 is 1.74 bits per heavy atom. The number of nitrogens with one attached hydrogen (secondary N) is 1. The number of hydrogen-bond acceptors (Lipinski definition) is 7. The zero-order chi connectivity index (χ0) is 24.6. The summed E-state index contributed by atoms with van der Waals surface area (Å²) >= 11 is 0. The van der Waals surface area contributed by atoms with Gasteiger partial charge >= 0.3 is 0 Å². The number of sulfonamides is 1. The molecule has 3 N–H and O–H groups in total. The van der Waals surface area contributed by atoms with Crippen LogP contribution in [-0.4, -0.2) is 64.6 Å². The van der Waals surface area contributed by atoms with E-state index in [1.165, 1.54) is 11.4 Å². The summed E-state index contributed by atoms with van der Waals surface area (Å²) in [5, 5.41) is 2.85. The first-order valence-electron chi connectivity index (χ1n) is 10.8. The average molecular weight is 492 g/mol. The molecular weight excluding hydrogens is 462 g/mol. The molecule has 184 valence electrons. The molecule has 10 nitrogen and oxygen atoms in total. The van der Waals surface area contributed by atoms with E-state index in [9.17, 15) is 18.0 Å². The number of nitrogens with two attached hydrogens (primary N) is 1. The molecule has 1 saturated heterocycles. The third-order valence-electron chi connectivity index (χ3n) is 5.26. The molecule has 0 aliphatic carbocycles. The molecule has 2 amide bonds. The van der Waals surface area contributed by atoms with Gasteiger partial charge in [0, 0.05) is 26.1 Å². The number of hydrogen-bond donors (Lipinski definition) is 2. The number of carbonyl (C=O) groups excluding carboxylic acids is 2. The van der Waals surface area contributed by atoms with Gasteiger partial charge in [0.15, 0.2) is 18.1 Å². The highest BCUT2D eigenvalue weighted by molar-refractivity contribution is 7.89. The summed E-state index contributed by atoms with van der Waals surface area (Å²) in [6.07, 6.45) is 0.736. The van der Waals surface area contributed by atoms with Gasteiger partial charge in [-0.2, -0.15) is 4.31 Å². The number of carbonyl (C=O) groups is 2. The first-order chi connectivity index (χ1) is 16.3. The Kier molecular flexibility index (Phi) is 8.85. The number of ether oxygens (including phenoxy) is 3. The zero-order valence-electron chi connectivity index (χ0n) is 19.0. The fraction of sp³-hybridized carbons (Fsp3) is 0.391. The van der Waals surface area contributed by atoms with E-state index in [0.29, 0.717) is 50.8 Å². The van der Waals surface area contributed by atoms with Crippen molar-refractivity contribution >= 4 is 21.8 Å². The molecule has 0 bridgehead atoms. The normalized spacial score (nSPS) is 14.4. The van der Waals surface area contributed by atoms with Crippen LogP contribution in [0.5, 0.6) is 11.5 Å². The van der Waals surface area contributed by atoms with Gasteiger partial charge in [-0.05, 0) is 41.8 Å². The Morgan fingerprint density at radius 3 is 2.38 bits per heavy atom. The van der Waals surface area contributed by atoms with Crippen molar-refractivity contribution in [3.8, 4) is 11.5 Å². The van der Waals surface area contributed by atoms with Crippen LogP contribution in [0.1, 0.15) is 17.5 Å². The standard InChI is InChI=1S/C23H29N3O7S/c1-31-21-14-18(4-8-20(21)33-16-22(24)27)15-25-23(28)9-5-17-2-6-19(7-3-17)34(29,30)26-10-12-32-13-11-26/h2-4,6-8,14H,5,9-13,15-16H2,1H3,(H2,24,27)(H,25,28). The van der Waals surface area contributed by atoms with E-state index in [0.717, 1.165) is 11.1 Å². The Labute approximate surface area is 199 Å². The molecule has 2 aromatic carbocycles. The van der Waals surface area contributed by atoms with Crippen LogP contribution in [0, 0.1) is 0 Å². The SMILES string of the molecule is COc1cc(CNC(=O)CCc2ccc(S(=O)(=O)N3CCOCC3)cc2)ccc1OCC(N)=O. The predicted octanol–water partition coefficient (Wildman–Crippen LogP) is 0.829. The summed E-state index contributed by atoms with van der Waals surface area (Å²) < 4.78 is 42.6. The molecule has 0 saturated carbocycles. The minimum absolute atomic E-state index is 0.141. The molecular formula is C23H29N3O7S. The van der Waals surface area contributed by atoms with Crippen LogP contribution in [-0.2, 0) is 37.3 Å². The first kappa shape index (κ1) is 25.5. The molecule has 2 aromatic rings. The summed E-state index contributed by atoms with van der Waals surface area (Å²) in [6, 6.07) is 11.7. The quantitative estimate of drug-likeness (QED) is 0.475. The van der Waals surface area contributed by atoms with Crippen LogP contribution in [0.4, 0.5) is 0 Å². The van der Waals surface area contributed by atoms with E-state index in [-0.39, 0.29) is 23.8 Å². The van der Waals surface area contributed by atoms with Gasteiger partial charge in [0.05, 0.1) is 25.2 Å². The molecule has 11 heteroatoms. The second-order valence-electron chi connectivity index (χ2n) is 7.68. The minimum Gasteiger partial charge on any atom is -0.493 e. The first-order valence-corrected chi connectivity index (χ1v) is 12.2. The highest BCUT2D eigenvalue weighted by Gasteiger charge is 2.26. The molecule has 34 heavy (non-hydrogen) atoms. The monoisotopic (exact) mass is 491 g/mol. The van der Waals surface area contributed by atoms with Crippen molar-refractivity contribution < 1.29 is 32.2 Å². The van der Waals surface area contributed by atoms with Crippen LogP contribution in [0.3, 0.4) is 0 Å². The minimum atomic E-state index is -3.53. The summed E-state index contributed by atoms with van der Waals surface area (Å²) in [5.41, 5.74) is 6.75. The van der Waals surface area contributed by atoms with Crippen molar-refractivity contribution in [1.82, 2.24) is 9.62 Å². The molecule has 0 spiro atoms. The summed E-state index contributed by atoms with van der Waals surface area (Å²) in [4.78, 5) is 23.4. The number of methoxy groups -OCH3 is 1. The Bertz CT molecular complexity index is 1100. The number of rotatable bonds is 11. The number of morpholine rings is 1. The summed E-state index contributed by atoms with van der Waals surface area (Å²) in [5.74, 6) is 0.0837. The number of aryl methyl sites for hydroxylation is 1. The maximum absolute atomic E-state index is 12.7. The topological polar surface area (TPSA) is 137 Å². The van der Waals surface area contributed by atoms with Crippen molar-refractivity contribution in [2.45, 2.75) is 24.3 Å². The lowest BCUT2D eigenvalue weighted by atomic mass is 10.1. The molecule has 1 aliphatic rings. The largest absolute Gasteiger partial charge is 0.493 e. The highest BCUT2D eigenvalue weighted by Crippen LogP contribution is 2.28. The molecule has 0 unspecified atom stereocenters. The van der Waals surface area contributed by atoms with Crippen molar-refractivity contribution in [2.75, 3.05) is 40.0 Å². The van der Waals surface area contributed by atoms with Gasteiger partial charge in [-0.3, -0.25) is 9.59 Å².